The second-order valence-corrected chi connectivity index (χ2v) is 5.07. The summed E-state index contributed by atoms with van der Waals surface area (Å²) in [6.07, 6.45) is 4.61. The summed E-state index contributed by atoms with van der Waals surface area (Å²) in [7, 11) is 0. The Bertz CT molecular complexity index is 567. The molecule has 0 fully saturated rings. The van der Waals surface area contributed by atoms with Crippen molar-refractivity contribution in [1.29, 1.82) is 0 Å². The minimum absolute atomic E-state index is 0.139. The number of carbonyl (C=O) groups is 1. The molecule has 0 spiro atoms. The Morgan fingerprint density at radius 2 is 2.00 bits per heavy atom. The van der Waals surface area contributed by atoms with Gasteiger partial charge < -0.3 is 10.1 Å². The Labute approximate surface area is 131 Å². The molecule has 1 aromatic heterocycles. The number of hydrogen-bond donors (Lipinski definition) is 1. The van der Waals surface area contributed by atoms with Crippen molar-refractivity contribution in [1.82, 2.24) is 10.3 Å². The first-order chi connectivity index (χ1) is 10.8. The van der Waals surface area contributed by atoms with Crippen molar-refractivity contribution in [3.05, 3.63) is 59.9 Å². The zero-order valence-electron chi connectivity index (χ0n) is 12.9. The Balaban J connectivity index is 1.74. The molecular weight excluding hydrogens is 276 g/mol. The maximum Gasteiger partial charge on any atom is 0.269 e. The van der Waals surface area contributed by atoms with Gasteiger partial charge in [-0.25, -0.2) is 0 Å². The van der Waals surface area contributed by atoms with Gasteiger partial charge in [-0.05, 0) is 42.7 Å². The van der Waals surface area contributed by atoms with Crippen molar-refractivity contribution in [3.8, 4) is 5.75 Å². The van der Waals surface area contributed by atoms with Gasteiger partial charge in [0.15, 0.2) is 0 Å². The quantitative estimate of drug-likeness (QED) is 0.761. The van der Waals surface area contributed by atoms with Crippen LogP contribution in [0.4, 0.5) is 0 Å². The monoisotopic (exact) mass is 298 g/mol. The molecule has 2 aromatic rings. The van der Waals surface area contributed by atoms with Crippen LogP contribution < -0.4 is 10.1 Å². The normalized spacial score (nSPS) is 10.2. The lowest BCUT2D eigenvalue weighted by atomic mass is 10.1. The van der Waals surface area contributed by atoms with Gasteiger partial charge in [0.05, 0.1) is 6.61 Å². The van der Waals surface area contributed by atoms with Crippen LogP contribution in [-0.2, 0) is 6.42 Å². The smallest absolute Gasteiger partial charge is 0.269 e. The number of rotatable bonds is 8. The molecule has 0 aliphatic heterocycles. The van der Waals surface area contributed by atoms with Gasteiger partial charge in [0.2, 0.25) is 0 Å². The molecule has 22 heavy (non-hydrogen) atoms. The highest BCUT2D eigenvalue weighted by Gasteiger charge is 2.04. The first-order valence-corrected chi connectivity index (χ1v) is 7.70. The van der Waals surface area contributed by atoms with Crippen LogP contribution in [0.2, 0.25) is 0 Å². The fourth-order valence-corrected chi connectivity index (χ4v) is 1.99. The summed E-state index contributed by atoms with van der Waals surface area (Å²) in [5.74, 6) is 0.759. The van der Waals surface area contributed by atoms with E-state index < -0.39 is 0 Å². The van der Waals surface area contributed by atoms with Gasteiger partial charge in [0.25, 0.3) is 5.91 Å². The molecule has 0 atom stereocenters. The topological polar surface area (TPSA) is 51.2 Å². The van der Waals surface area contributed by atoms with E-state index in [4.69, 9.17) is 4.74 Å². The number of unbranched alkanes of at least 4 members (excludes halogenated alkanes) is 1. The molecule has 1 heterocycles. The van der Waals surface area contributed by atoms with Crippen molar-refractivity contribution >= 4 is 5.91 Å². The van der Waals surface area contributed by atoms with E-state index in [1.54, 1.807) is 24.4 Å². The van der Waals surface area contributed by atoms with E-state index in [1.807, 2.05) is 24.3 Å². The standard InChI is InChI=1S/C18H22N2O2/c1-2-3-14-22-16-9-7-15(8-10-16)11-13-20-18(21)17-6-4-5-12-19-17/h4-10,12H,2-3,11,13-14H2,1H3,(H,20,21). The molecule has 1 amide bonds. The lowest BCUT2D eigenvalue weighted by Crippen LogP contribution is -2.26. The number of carbonyl (C=O) groups excluding carboxylic acids is 1. The minimum Gasteiger partial charge on any atom is -0.494 e. The Kier molecular flexibility index (Phi) is 6.42. The average molecular weight is 298 g/mol. The predicted octanol–water partition coefficient (Wildman–Crippen LogP) is 3.23. The van der Waals surface area contributed by atoms with Crippen LogP contribution in [0.5, 0.6) is 5.75 Å². The fourth-order valence-electron chi connectivity index (χ4n) is 1.99. The van der Waals surface area contributed by atoms with E-state index in [0.29, 0.717) is 12.2 Å². The molecule has 0 aliphatic rings. The van der Waals surface area contributed by atoms with Crippen LogP contribution in [0.15, 0.2) is 48.7 Å². The number of ether oxygens (including phenoxy) is 1. The summed E-state index contributed by atoms with van der Waals surface area (Å²) < 4.78 is 5.62. The van der Waals surface area contributed by atoms with Crippen LogP contribution in [0.25, 0.3) is 0 Å². The van der Waals surface area contributed by atoms with Gasteiger partial charge in [0.1, 0.15) is 11.4 Å². The molecule has 0 saturated heterocycles. The second-order valence-electron chi connectivity index (χ2n) is 5.07. The lowest BCUT2D eigenvalue weighted by molar-refractivity contribution is 0.0949. The van der Waals surface area contributed by atoms with Gasteiger partial charge in [-0.15, -0.1) is 0 Å². The molecule has 0 unspecified atom stereocenters. The average Bonchev–Trinajstić information content (AvgIpc) is 2.57. The molecule has 0 radical (unpaired) electrons. The lowest BCUT2D eigenvalue weighted by Gasteiger charge is -2.07. The van der Waals surface area contributed by atoms with E-state index in [-0.39, 0.29) is 5.91 Å². The summed E-state index contributed by atoms with van der Waals surface area (Å²) in [5, 5.41) is 2.87. The van der Waals surface area contributed by atoms with E-state index in [1.165, 1.54) is 5.56 Å². The van der Waals surface area contributed by atoms with Crippen molar-refractivity contribution in [2.75, 3.05) is 13.2 Å². The molecule has 1 N–H and O–H groups in total. The third-order valence-electron chi connectivity index (χ3n) is 3.29. The Morgan fingerprint density at radius 1 is 1.18 bits per heavy atom. The van der Waals surface area contributed by atoms with E-state index in [9.17, 15) is 4.79 Å². The van der Waals surface area contributed by atoms with Crippen LogP contribution in [0, 0.1) is 0 Å². The largest absolute Gasteiger partial charge is 0.494 e. The molecule has 4 heteroatoms. The zero-order valence-corrected chi connectivity index (χ0v) is 12.9. The number of nitrogens with zero attached hydrogens (tertiary/aromatic N) is 1. The highest BCUT2D eigenvalue weighted by Crippen LogP contribution is 2.13. The third-order valence-corrected chi connectivity index (χ3v) is 3.29. The number of hydrogen-bond acceptors (Lipinski definition) is 3. The summed E-state index contributed by atoms with van der Waals surface area (Å²) in [5.41, 5.74) is 1.62. The third kappa shape index (κ3) is 5.20. The number of benzene rings is 1. The summed E-state index contributed by atoms with van der Waals surface area (Å²) in [6, 6.07) is 13.3. The van der Waals surface area contributed by atoms with Crippen molar-refractivity contribution in [2.45, 2.75) is 26.2 Å². The molecular formula is C18H22N2O2. The van der Waals surface area contributed by atoms with Crippen molar-refractivity contribution in [3.63, 3.8) is 0 Å². The van der Waals surface area contributed by atoms with E-state index >= 15 is 0 Å². The summed E-state index contributed by atoms with van der Waals surface area (Å²) >= 11 is 0. The fraction of sp³-hybridized carbons (Fsp3) is 0.333. The second kappa shape index (κ2) is 8.82. The molecule has 1 aromatic carbocycles. The highest BCUT2D eigenvalue weighted by molar-refractivity contribution is 5.92. The minimum atomic E-state index is -0.139. The molecule has 0 saturated carbocycles. The predicted molar refractivity (Wildman–Crippen MR) is 87.1 cm³/mol. The van der Waals surface area contributed by atoms with Gasteiger partial charge in [-0.1, -0.05) is 31.5 Å². The van der Waals surface area contributed by atoms with Crippen LogP contribution in [0.1, 0.15) is 35.8 Å². The number of amides is 1. The van der Waals surface area contributed by atoms with Gasteiger partial charge in [-0.2, -0.15) is 0 Å². The van der Waals surface area contributed by atoms with Gasteiger partial charge >= 0.3 is 0 Å². The van der Waals surface area contributed by atoms with Crippen LogP contribution in [0.3, 0.4) is 0 Å². The van der Waals surface area contributed by atoms with Crippen molar-refractivity contribution < 1.29 is 9.53 Å². The maximum absolute atomic E-state index is 11.8. The van der Waals surface area contributed by atoms with Crippen molar-refractivity contribution in [2.24, 2.45) is 0 Å². The molecule has 4 nitrogen and oxygen atoms in total. The first-order valence-electron chi connectivity index (χ1n) is 7.70. The van der Waals surface area contributed by atoms with Crippen LogP contribution in [-0.4, -0.2) is 24.0 Å². The number of nitrogens with one attached hydrogen (secondary N) is 1. The highest BCUT2D eigenvalue weighted by atomic mass is 16.5. The molecule has 2 rings (SSSR count). The van der Waals surface area contributed by atoms with Gasteiger partial charge in [-0.3, -0.25) is 9.78 Å². The SMILES string of the molecule is CCCCOc1ccc(CCNC(=O)c2ccccn2)cc1. The molecule has 0 aliphatic carbocycles. The molecule has 116 valence electrons. The Morgan fingerprint density at radius 3 is 2.68 bits per heavy atom. The zero-order chi connectivity index (χ0) is 15.6. The van der Waals surface area contributed by atoms with E-state index in [0.717, 1.165) is 31.6 Å². The summed E-state index contributed by atoms with van der Waals surface area (Å²) in [4.78, 5) is 15.9. The first kappa shape index (κ1) is 16.0. The van der Waals surface area contributed by atoms with Gasteiger partial charge in [0, 0.05) is 12.7 Å². The number of aromatic nitrogens is 1. The maximum atomic E-state index is 11.8. The summed E-state index contributed by atoms with van der Waals surface area (Å²) in [6.45, 7) is 3.49. The Hall–Kier alpha value is -2.36. The van der Waals surface area contributed by atoms with Crippen LogP contribution >= 0.6 is 0 Å². The molecule has 0 bridgehead atoms. The van der Waals surface area contributed by atoms with E-state index in [2.05, 4.69) is 17.2 Å². The number of pyridine rings is 1.